The molecule has 1 aromatic carbocycles. The summed E-state index contributed by atoms with van der Waals surface area (Å²) in [5.41, 5.74) is 0.952. The van der Waals surface area contributed by atoms with Crippen molar-refractivity contribution in [3.05, 3.63) is 57.5 Å². The maximum absolute atomic E-state index is 6.19. The van der Waals surface area contributed by atoms with Gasteiger partial charge in [-0.05, 0) is 43.8 Å². The second kappa shape index (κ2) is 5.13. The van der Waals surface area contributed by atoms with Gasteiger partial charge in [0.25, 0.3) is 0 Å². The summed E-state index contributed by atoms with van der Waals surface area (Å²) in [6.45, 7) is 1.92. The minimum atomic E-state index is -0.0616. The first kappa shape index (κ1) is 12.5. The van der Waals surface area contributed by atoms with Crippen LogP contribution < -0.4 is 5.32 Å². The lowest BCUT2D eigenvalue weighted by molar-refractivity contribution is 0.444. The lowest BCUT2D eigenvalue weighted by Gasteiger charge is -2.15. The molecule has 0 aliphatic carbocycles. The van der Waals surface area contributed by atoms with Gasteiger partial charge >= 0.3 is 0 Å². The fourth-order valence-corrected chi connectivity index (χ4v) is 2.31. The molecule has 1 unspecified atom stereocenters. The molecule has 0 saturated carbocycles. The molecule has 2 nitrogen and oxygen atoms in total. The third-order valence-corrected chi connectivity index (χ3v) is 3.17. The Bertz CT molecular complexity index is 522. The van der Waals surface area contributed by atoms with Crippen LogP contribution in [0.1, 0.15) is 23.1 Å². The maximum Gasteiger partial charge on any atom is 0.125 e. The minimum absolute atomic E-state index is 0.0616. The molecule has 0 amide bonds. The molecule has 1 heterocycles. The first-order chi connectivity index (χ1) is 8.11. The van der Waals surface area contributed by atoms with Crippen molar-refractivity contribution in [2.24, 2.45) is 0 Å². The molecule has 0 bridgehead atoms. The summed E-state index contributed by atoms with van der Waals surface area (Å²) in [5, 5.41) is 4.45. The summed E-state index contributed by atoms with van der Waals surface area (Å²) in [4.78, 5) is 0. The Balaban J connectivity index is 2.42. The van der Waals surface area contributed by atoms with Gasteiger partial charge in [-0.3, -0.25) is 0 Å². The van der Waals surface area contributed by atoms with Crippen LogP contribution in [0.25, 0.3) is 0 Å². The molecule has 90 valence electrons. The van der Waals surface area contributed by atoms with Crippen LogP contribution in [0, 0.1) is 6.92 Å². The largest absolute Gasteiger partial charge is 0.464 e. The number of furan rings is 1. The molecule has 0 radical (unpaired) electrons. The summed E-state index contributed by atoms with van der Waals surface area (Å²) in [5.74, 6) is 1.72. The molecule has 0 aliphatic rings. The van der Waals surface area contributed by atoms with Crippen LogP contribution >= 0.6 is 23.2 Å². The van der Waals surface area contributed by atoms with E-state index in [-0.39, 0.29) is 6.04 Å². The highest BCUT2D eigenvalue weighted by atomic mass is 35.5. The van der Waals surface area contributed by atoms with Gasteiger partial charge in [0.05, 0.1) is 6.04 Å². The number of hydrogen-bond donors (Lipinski definition) is 1. The highest BCUT2D eigenvalue weighted by Gasteiger charge is 2.18. The third kappa shape index (κ3) is 2.65. The second-order valence-electron chi connectivity index (χ2n) is 3.84. The number of hydrogen-bond acceptors (Lipinski definition) is 2. The van der Waals surface area contributed by atoms with Crippen LogP contribution in [0.3, 0.4) is 0 Å². The average molecular weight is 270 g/mol. The fraction of sp³-hybridized carbons (Fsp3) is 0.231. The third-order valence-electron chi connectivity index (χ3n) is 2.61. The summed E-state index contributed by atoms with van der Waals surface area (Å²) in [6, 6.07) is 9.28. The molecular weight excluding hydrogens is 257 g/mol. The average Bonchev–Trinajstić information content (AvgIpc) is 2.69. The molecule has 1 atom stereocenters. The van der Waals surface area contributed by atoms with Gasteiger partial charge in [0, 0.05) is 10.0 Å². The number of halogens is 2. The number of nitrogens with one attached hydrogen (secondary N) is 1. The molecule has 0 fully saturated rings. The predicted molar refractivity (Wildman–Crippen MR) is 70.8 cm³/mol. The first-order valence-electron chi connectivity index (χ1n) is 5.30. The predicted octanol–water partition coefficient (Wildman–Crippen LogP) is 4.20. The fourth-order valence-electron chi connectivity index (χ4n) is 1.80. The van der Waals surface area contributed by atoms with E-state index in [0.29, 0.717) is 10.0 Å². The van der Waals surface area contributed by atoms with Gasteiger partial charge in [0.15, 0.2) is 0 Å². The lowest BCUT2D eigenvalue weighted by Crippen LogP contribution is -2.17. The lowest BCUT2D eigenvalue weighted by atomic mass is 10.0. The molecule has 1 N–H and O–H groups in total. The van der Waals surface area contributed by atoms with E-state index in [1.54, 1.807) is 6.07 Å². The van der Waals surface area contributed by atoms with E-state index < -0.39 is 0 Å². The highest BCUT2D eigenvalue weighted by molar-refractivity contribution is 6.35. The molecule has 4 heteroatoms. The van der Waals surface area contributed by atoms with E-state index in [9.17, 15) is 0 Å². The zero-order valence-electron chi connectivity index (χ0n) is 9.63. The van der Waals surface area contributed by atoms with Gasteiger partial charge in [-0.1, -0.05) is 29.3 Å². The van der Waals surface area contributed by atoms with Crippen LogP contribution in [0.5, 0.6) is 0 Å². The summed E-state index contributed by atoms with van der Waals surface area (Å²) < 4.78 is 5.62. The highest BCUT2D eigenvalue weighted by Crippen LogP contribution is 2.30. The first-order valence-corrected chi connectivity index (χ1v) is 6.06. The monoisotopic (exact) mass is 269 g/mol. The van der Waals surface area contributed by atoms with Crippen molar-refractivity contribution in [2.45, 2.75) is 13.0 Å². The van der Waals surface area contributed by atoms with E-state index >= 15 is 0 Å². The minimum Gasteiger partial charge on any atom is -0.464 e. The van der Waals surface area contributed by atoms with Gasteiger partial charge in [0.2, 0.25) is 0 Å². The van der Waals surface area contributed by atoms with E-state index in [4.69, 9.17) is 27.6 Å². The quantitative estimate of drug-likeness (QED) is 0.904. The van der Waals surface area contributed by atoms with Crippen LogP contribution in [-0.2, 0) is 0 Å². The molecule has 2 rings (SSSR count). The molecule has 17 heavy (non-hydrogen) atoms. The van der Waals surface area contributed by atoms with Crippen LogP contribution in [0.2, 0.25) is 10.0 Å². The van der Waals surface area contributed by atoms with Crippen molar-refractivity contribution in [1.29, 1.82) is 0 Å². The Labute approximate surface area is 111 Å². The number of rotatable bonds is 3. The van der Waals surface area contributed by atoms with Crippen LogP contribution in [0.15, 0.2) is 34.7 Å². The Morgan fingerprint density at radius 1 is 1.18 bits per heavy atom. The number of benzene rings is 1. The Morgan fingerprint density at radius 2 is 1.94 bits per heavy atom. The van der Waals surface area contributed by atoms with Crippen LogP contribution in [-0.4, -0.2) is 7.05 Å². The summed E-state index contributed by atoms with van der Waals surface area (Å²) >= 11 is 12.1. The van der Waals surface area contributed by atoms with Gasteiger partial charge < -0.3 is 9.73 Å². The Hall–Kier alpha value is -0.960. The van der Waals surface area contributed by atoms with Gasteiger partial charge in [-0.15, -0.1) is 0 Å². The van der Waals surface area contributed by atoms with Gasteiger partial charge in [-0.2, -0.15) is 0 Å². The van der Waals surface area contributed by atoms with E-state index in [2.05, 4.69) is 5.32 Å². The molecular formula is C13H13Cl2NO. The Morgan fingerprint density at radius 3 is 2.47 bits per heavy atom. The van der Waals surface area contributed by atoms with E-state index in [1.807, 2.05) is 38.2 Å². The van der Waals surface area contributed by atoms with Gasteiger partial charge in [-0.25, -0.2) is 0 Å². The standard InChI is InChI=1S/C13H13Cl2NO/c1-8-3-6-12(17-8)13(16-2)10-5-4-9(14)7-11(10)15/h3-7,13,16H,1-2H3. The SMILES string of the molecule is CNC(c1ccc(C)o1)c1ccc(Cl)cc1Cl. The van der Waals surface area contributed by atoms with E-state index in [0.717, 1.165) is 17.1 Å². The zero-order valence-corrected chi connectivity index (χ0v) is 11.1. The van der Waals surface area contributed by atoms with Crippen LogP contribution in [0.4, 0.5) is 0 Å². The van der Waals surface area contributed by atoms with Gasteiger partial charge in [0.1, 0.15) is 11.5 Å². The normalized spacial score (nSPS) is 12.7. The van der Waals surface area contributed by atoms with Crippen molar-refractivity contribution in [1.82, 2.24) is 5.32 Å². The van der Waals surface area contributed by atoms with Crippen molar-refractivity contribution in [2.75, 3.05) is 7.05 Å². The van der Waals surface area contributed by atoms with Crippen molar-refractivity contribution in [3.63, 3.8) is 0 Å². The maximum atomic E-state index is 6.19. The molecule has 0 aliphatic heterocycles. The summed E-state index contributed by atoms with van der Waals surface area (Å²) in [6.07, 6.45) is 0. The molecule has 0 saturated heterocycles. The number of aryl methyl sites for hydroxylation is 1. The molecule has 2 aromatic rings. The van der Waals surface area contributed by atoms with E-state index in [1.165, 1.54) is 0 Å². The zero-order chi connectivity index (χ0) is 12.4. The topological polar surface area (TPSA) is 25.2 Å². The smallest absolute Gasteiger partial charge is 0.125 e. The van der Waals surface area contributed by atoms with Crippen molar-refractivity contribution < 1.29 is 4.42 Å². The molecule has 0 spiro atoms. The van der Waals surface area contributed by atoms with Crippen molar-refractivity contribution >= 4 is 23.2 Å². The second-order valence-corrected chi connectivity index (χ2v) is 4.68. The van der Waals surface area contributed by atoms with Crippen molar-refractivity contribution in [3.8, 4) is 0 Å². The Kier molecular flexibility index (Phi) is 3.77. The summed E-state index contributed by atoms with van der Waals surface area (Å²) in [7, 11) is 1.87. The molecule has 1 aromatic heterocycles.